The van der Waals surface area contributed by atoms with Gasteiger partial charge >= 0.3 is 0 Å². The molecule has 0 aliphatic carbocycles. The van der Waals surface area contributed by atoms with Gasteiger partial charge in [-0.1, -0.05) is 54.6 Å². The highest BCUT2D eigenvalue weighted by Crippen LogP contribution is 2.28. The second kappa shape index (κ2) is 7.29. The molecule has 19 heavy (non-hydrogen) atoms. The topological polar surface area (TPSA) is 21.3 Å². The Morgan fingerprint density at radius 1 is 1.05 bits per heavy atom. The lowest BCUT2D eigenvalue weighted by Gasteiger charge is -2.20. The third-order valence-electron chi connectivity index (χ3n) is 3.05. The summed E-state index contributed by atoms with van der Waals surface area (Å²) in [5.41, 5.74) is 3.59. The molecule has 2 nitrogen and oxygen atoms in total. The lowest BCUT2D eigenvalue weighted by atomic mass is 9.97. The second-order valence-electron chi connectivity index (χ2n) is 4.40. The molecule has 2 aromatic carbocycles. The lowest BCUT2D eigenvalue weighted by molar-refractivity contribution is 0.0844. The Morgan fingerprint density at radius 2 is 1.74 bits per heavy atom. The van der Waals surface area contributed by atoms with Gasteiger partial charge in [0.1, 0.15) is 6.10 Å². The minimum Gasteiger partial charge on any atom is -0.367 e. The van der Waals surface area contributed by atoms with Crippen molar-refractivity contribution in [1.29, 1.82) is 0 Å². The molecular weight excluding hydrogens is 258 g/mol. The number of aryl methyl sites for hydroxylation is 1. The van der Waals surface area contributed by atoms with Crippen LogP contribution >= 0.6 is 11.8 Å². The quantitative estimate of drug-likeness (QED) is 0.639. The summed E-state index contributed by atoms with van der Waals surface area (Å²) < 4.78 is 5.99. The van der Waals surface area contributed by atoms with Crippen molar-refractivity contribution in [3.8, 4) is 0 Å². The second-order valence-corrected chi connectivity index (χ2v) is 4.67. The first-order valence-corrected chi connectivity index (χ1v) is 6.76. The first-order chi connectivity index (χ1) is 9.33. The number of ether oxygens (including phenoxy) is 1. The van der Waals surface area contributed by atoms with E-state index in [-0.39, 0.29) is 6.10 Å². The molecule has 100 valence electrons. The van der Waals surface area contributed by atoms with E-state index in [1.807, 2.05) is 30.3 Å². The van der Waals surface area contributed by atoms with Crippen LogP contribution in [0, 0.1) is 6.92 Å². The van der Waals surface area contributed by atoms with Crippen molar-refractivity contribution in [2.75, 3.05) is 13.2 Å². The molecular formula is C16H18ClNO. The summed E-state index contributed by atoms with van der Waals surface area (Å²) in [7, 11) is 0. The van der Waals surface area contributed by atoms with E-state index in [0.29, 0.717) is 13.2 Å². The average molecular weight is 276 g/mol. The normalized spacial score (nSPS) is 12.3. The molecule has 0 saturated carbocycles. The van der Waals surface area contributed by atoms with E-state index < -0.39 is 0 Å². The molecule has 3 heteroatoms. The minimum absolute atomic E-state index is 0.0487. The van der Waals surface area contributed by atoms with Gasteiger partial charge in [0, 0.05) is 6.54 Å². The number of benzene rings is 2. The zero-order valence-electron chi connectivity index (χ0n) is 11.0. The highest BCUT2D eigenvalue weighted by atomic mass is 35.5. The summed E-state index contributed by atoms with van der Waals surface area (Å²) in [6.07, 6.45) is -0.0487. The van der Waals surface area contributed by atoms with Gasteiger partial charge in [-0.3, -0.25) is 0 Å². The predicted molar refractivity (Wildman–Crippen MR) is 79.3 cm³/mol. The molecule has 1 N–H and O–H groups in total. The van der Waals surface area contributed by atoms with Gasteiger partial charge < -0.3 is 4.74 Å². The Labute approximate surface area is 119 Å². The van der Waals surface area contributed by atoms with Crippen molar-refractivity contribution in [1.82, 2.24) is 4.84 Å². The maximum atomic E-state index is 5.99. The van der Waals surface area contributed by atoms with Crippen molar-refractivity contribution in [3.05, 3.63) is 71.3 Å². The van der Waals surface area contributed by atoms with Gasteiger partial charge in [0.25, 0.3) is 0 Å². The summed E-state index contributed by atoms with van der Waals surface area (Å²) in [5.74, 6) is 0. The van der Waals surface area contributed by atoms with Gasteiger partial charge in [0.15, 0.2) is 0 Å². The van der Waals surface area contributed by atoms with Crippen molar-refractivity contribution in [2.24, 2.45) is 0 Å². The van der Waals surface area contributed by atoms with Crippen molar-refractivity contribution >= 4 is 11.8 Å². The summed E-state index contributed by atoms with van der Waals surface area (Å²) in [6.45, 7) is 3.29. The van der Waals surface area contributed by atoms with E-state index in [1.54, 1.807) is 0 Å². The van der Waals surface area contributed by atoms with Gasteiger partial charge in [-0.15, -0.1) is 0 Å². The van der Waals surface area contributed by atoms with Crippen LogP contribution in [0.5, 0.6) is 0 Å². The van der Waals surface area contributed by atoms with Gasteiger partial charge in [0.2, 0.25) is 0 Å². The molecule has 0 fully saturated rings. The van der Waals surface area contributed by atoms with Crippen molar-refractivity contribution in [3.63, 3.8) is 0 Å². The molecule has 0 aliphatic rings. The highest BCUT2D eigenvalue weighted by molar-refractivity contribution is 6.13. The zero-order chi connectivity index (χ0) is 13.5. The van der Waals surface area contributed by atoms with Gasteiger partial charge in [0.05, 0.1) is 6.61 Å². The largest absolute Gasteiger partial charge is 0.367 e. The van der Waals surface area contributed by atoms with Crippen LogP contribution in [0.3, 0.4) is 0 Å². The van der Waals surface area contributed by atoms with Crippen LogP contribution in [0.25, 0.3) is 0 Å². The van der Waals surface area contributed by atoms with Crippen LogP contribution in [0.4, 0.5) is 0 Å². The fraction of sp³-hybridized carbons (Fsp3) is 0.250. The van der Waals surface area contributed by atoms with Gasteiger partial charge in [-0.2, -0.15) is 0 Å². The Balaban J connectivity index is 2.27. The van der Waals surface area contributed by atoms with Crippen LogP contribution < -0.4 is 4.84 Å². The van der Waals surface area contributed by atoms with Crippen molar-refractivity contribution in [2.45, 2.75) is 13.0 Å². The Kier molecular flexibility index (Phi) is 5.40. The molecule has 0 aromatic heterocycles. The number of hydrogen-bond donors (Lipinski definition) is 1. The number of nitrogens with one attached hydrogen (secondary N) is 1. The van der Waals surface area contributed by atoms with E-state index in [1.165, 1.54) is 11.1 Å². The SMILES string of the molecule is Cc1ccccc1C(OCCNCl)c1ccccc1. The lowest BCUT2D eigenvalue weighted by Crippen LogP contribution is -2.15. The average Bonchev–Trinajstić information content (AvgIpc) is 2.46. The van der Waals surface area contributed by atoms with Crippen LogP contribution in [0.1, 0.15) is 22.8 Å². The molecule has 1 unspecified atom stereocenters. The molecule has 0 saturated heterocycles. The van der Waals surface area contributed by atoms with Crippen LogP contribution in [0.2, 0.25) is 0 Å². The van der Waals surface area contributed by atoms with E-state index >= 15 is 0 Å². The predicted octanol–water partition coefficient (Wildman–Crippen LogP) is 3.84. The molecule has 0 heterocycles. The molecule has 0 aliphatic heterocycles. The Hall–Kier alpha value is -1.35. The summed E-state index contributed by atoms with van der Waals surface area (Å²) >= 11 is 5.48. The van der Waals surface area contributed by atoms with E-state index in [2.05, 4.69) is 36.0 Å². The first-order valence-electron chi connectivity index (χ1n) is 6.38. The molecule has 2 rings (SSSR count). The van der Waals surface area contributed by atoms with Crippen LogP contribution in [-0.2, 0) is 4.74 Å². The van der Waals surface area contributed by atoms with E-state index in [0.717, 1.165) is 5.56 Å². The molecule has 0 bridgehead atoms. The van der Waals surface area contributed by atoms with E-state index in [4.69, 9.17) is 16.5 Å². The highest BCUT2D eigenvalue weighted by Gasteiger charge is 2.15. The third kappa shape index (κ3) is 3.80. The van der Waals surface area contributed by atoms with Crippen LogP contribution in [0.15, 0.2) is 54.6 Å². The summed E-state index contributed by atoms with van der Waals surface area (Å²) in [6, 6.07) is 18.6. The van der Waals surface area contributed by atoms with Gasteiger partial charge in [-0.25, -0.2) is 4.84 Å². The first kappa shape index (κ1) is 14.1. The zero-order valence-corrected chi connectivity index (χ0v) is 11.7. The minimum atomic E-state index is -0.0487. The maximum absolute atomic E-state index is 5.99. The Bertz CT molecular complexity index is 501. The fourth-order valence-electron chi connectivity index (χ4n) is 2.09. The molecule has 1 atom stereocenters. The number of halogens is 1. The van der Waals surface area contributed by atoms with Crippen molar-refractivity contribution < 1.29 is 4.74 Å². The molecule has 2 aromatic rings. The molecule has 0 radical (unpaired) electrons. The number of hydrogen-bond acceptors (Lipinski definition) is 2. The Morgan fingerprint density at radius 3 is 2.42 bits per heavy atom. The van der Waals surface area contributed by atoms with Crippen LogP contribution in [-0.4, -0.2) is 13.2 Å². The summed E-state index contributed by atoms with van der Waals surface area (Å²) in [5, 5.41) is 0. The van der Waals surface area contributed by atoms with Gasteiger partial charge in [-0.05, 0) is 35.4 Å². The smallest absolute Gasteiger partial charge is 0.108 e. The molecule has 0 spiro atoms. The van der Waals surface area contributed by atoms with E-state index in [9.17, 15) is 0 Å². The monoisotopic (exact) mass is 275 g/mol. The standard InChI is InChI=1S/C16H18ClNO/c1-13-7-5-6-10-15(13)16(19-12-11-18-17)14-8-3-2-4-9-14/h2-10,16,18H,11-12H2,1H3. The maximum Gasteiger partial charge on any atom is 0.108 e. The number of rotatable bonds is 6. The molecule has 0 amide bonds. The fourth-order valence-corrected chi connectivity index (χ4v) is 2.17. The summed E-state index contributed by atoms with van der Waals surface area (Å²) in [4.78, 5) is 2.59. The third-order valence-corrected chi connectivity index (χ3v) is 3.24.